The molecule has 10 aromatic rings. The molecule has 0 saturated carbocycles. The van der Waals surface area contributed by atoms with Crippen LogP contribution >= 0.6 is 0 Å². The molecular weight excluding hydrogens is 699 g/mol. The van der Waals surface area contributed by atoms with Crippen LogP contribution in [0.3, 0.4) is 0 Å². The predicted octanol–water partition coefficient (Wildman–Crippen LogP) is 12.9. The Morgan fingerprint density at radius 1 is 0.259 bits per heavy atom. The molecule has 13 rings (SSSR count). The van der Waals surface area contributed by atoms with Crippen molar-refractivity contribution in [3.05, 3.63) is 200 Å². The standard InChI is InChI=1S/C56H33BO/c1-4-16-34(17-5-1)37-30-48-44-28-14-26-42-46(40-24-12-10-22-38(40)35-18-6-2-7-19-35)32-50-55(52(42)44)57-54(48)49(31-37)45-29-15-27-43-47(33-51(58-50)56(57)53(43)45)41-25-13-11-23-39(41)36-20-8-3-9-21-36/h1-33H. The van der Waals surface area contributed by atoms with Crippen LogP contribution in [0.15, 0.2) is 200 Å². The van der Waals surface area contributed by atoms with Gasteiger partial charge in [0.1, 0.15) is 11.5 Å². The van der Waals surface area contributed by atoms with E-state index in [1.165, 1.54) is 116 Å². The number of benzene rings is 10. The zero-order chi connectivity index (χ0) is 37.9. The molecular formula is C56H33BO. The Morgan fingerprint density at radius 2 is 0.655 bits per heavy atom. The van der Waals surface area contributed by atoms with Gasteiger partial charge in [0.25, 0.3) is 6.71 Å². The van der Waals surface area contributed by atoms with Crippen molar-refractivity contribution in [1.29, 1.82) is 0 Å². The summed E-state index contributed by atoms with van der Waals surface area (Å²) in [5.41, 5.74) is 21.2. The number of hydrogen-bond acceptors (Lipinski definition) is 1. The lowest BCUT2D eigenvalue weighted by Gasteiger charge is -2.39. The SMILES string of the molecule is c1ccc(-c2cc3c4c(c2)-c2cccc5c(-c6ccccc6-c6ccccc6)cc6c(c25)B4c2c(cc(-c4ccccc4-c4ccccc4)c4cccc-3c24)O6)cc1. The van der Waals surface area contributed by atoms with Gasteiger partial charge in [0.2, 0.25) is 0 Å². The second kappa shape index (κ2) is 12.0. The maximum atomic E-state index is 7.40. The second-order valence-electron chi connectivity index (χ2n) is 15.8. The molecule has 0 unspecified atom stereocenters. The Kier molecular flexibility index (Phi) is 6.59. The molecule has 0 saturated heterocycles. The van der Waals surface area contributed by atoms with Crippen LogP contribution in [-0.4, -0.2) is 6.71 Å². The predicted molar refractivity (Wildman–Crippen MR) is 244 cm³/mol. The molecule has 58 heavy (non-hydrogen) atoms. The summed E-state index contributed by atoms with van der Waals surface area (Å²) in [5.74, 6) is 1.89. The van der Waals surface area contributed by atoms with Crippen LogP contribution in [0.5, 0.6) is 11.5 Å². The van der Waals surface area contributed by atoms with E-state index in [4.69, 9.17) is 4.74 Å². The van der Waals surface area contributed by atoms with Gasteiger partial charge < -0.3 is 4.74 Å². The first-order chi connectivity index (χ1) is 28.8. The van der Waals surface area contributed by atoms with E-state index >= 15 is 0 Å². The lowest BCUT2D eigenvalue weighted by molar-refractivity contribution is 0.489. The van der Waals surface area contributed by atoms with Crippen molar-refractivity contribution < 1.29 is 4.74 Å². The summed E-state index contributed by atoms with van der Waals surface area (Å²) in [7, 11) is 0. The highest BCUT2D eigenvalue weighted by atomic mass is 16.5. The van der Waals surface area contributed by atoms with Crippen LogP contribution in [0.2, 0.25) is 0 Å². The molecule has 10 aromatic carbocycles. The van der Waals surface area contributed by atoms with Gasteiger partial charge in [0, 0.05) is 0 Å². The quantitative estimate of drug-likeness (QED) is 0.160. The van der Waals surface area contributed by atoms with E-state index in [2.05, 4.69) is 200 Å². The summed E-state index contributed by atoms with van der Waals surface area (Å²) < 4.78 is 7.40. The van der Waals surface area contributed by atoms with Gasteiger partial charge in [-0.3, -0.25) is 0 Å². The summed E-state index contributed by atoms with van der Waals surface area (Å²) in [6.45, 7) is 0.0280. The molecule has 0 fully saturated rings. The average Bonchev–Trinajstić information content (AvgIpc) is 3.30. The van der Waals surface area contributed by atoms with Crippen molar-refractivity contribution in [2.75, 3.05) is 0 Å². The molecule has 0 radical (unpaired) electrons. The summed E-state index contributed by atoms with van der Waals surface area (Å²) in [6, 6.07) is 73.5. The third kappa shape index (κ3) is 4.37. The monoisotopic (exact) mass is 732 g/mol. The van der Waals surface area contributed by atoms with E-state index in [9.17, 15) is 0 Å². The van der Waals surface area contributed by atoms with Gasteiger partial charge in [-0.2, -0.15) is 0 Å². The zero-order valence-electron chi connectivity index (χ0n) is 31.5. The molecule has 1 nitrogen and oxygen atoms in total. The lowest BCUT2D eigenvalue weighted by Crippen LogP contribution is -2.59. The molecule has 0 atom stereocenters. The van der Waals surface area contributed by atoms with E-state index in [1.807, 2.05) is 0 Å². The Labute approximate surface area is 337 Å². The molecule has 0 aromatic heterocycles. The fourth-order valence-electron chi connectivity index (χ4n) is 10.5. The van der Waals surface area contributed by atoms with Crippen LogP contribution in [0.25, 0.3) is 99.4 Å². The number of fused-ring (bicyclic) bond motifs is 2. The highest BCUT2D eigenvalue weighted by Gasteiger charge is 2.45. The first kappa shape index (κ1) is 31.8. The number of rotatable bonds is 5. The van der Waals surface area contributed by atoms with Crippen LogP contribution in [0.4, 0.5) is 0 Å². The molecule has 266 valence electrons. The van der Waals surface area contributed by atoms with Gasteiger partial charge in [-0.05, 0) is 135 Å². The maximum Gasteiger partial charge on any atom is 0.254 e. The zero-order valence-corrected chi connectivity index (χ0v) is 31.5. The number of ether oxygens (including phenoxy) is 1. The van der Waals surface area contributed by atoms with Crippen LogP contribution < -0.4 is 21.1 Å². The third-order valence-corrected chi connectivity index (χ3v) is 12.9. The van der Waals surface area contributed by atoms with Crippen LogP contribution in [0.1, 0.15) is 0 Å². The second-order valence-corrected chi connectivity index (χ2v) is 15.8. The van der Waals surface area contributed by atoms with Crippen molar-refractivity contribution in [2.24, 2.45) is 0 Å². The normalized spacial score (nSPS) is 12.6. The molecule has 3 aliphatic heterocycles. The topological polar surface area (TPSA) is 9.23 Å². The van der Waals surface area contributed by atoms with E-state index < -0.39 is 0 Å². The molecule has 3 aliphatic rings. The number of hydrogen-bond donors (Lipinski definition) is 0. The summed E-state index contributed by atoms with van der Waals surface area (Å²) in [5, 5.41) is 5.10. The van der Waals surface area contributed by atoms with Crippen LogP contribution in [-0.2, 0) is 0 Å². The van der Waals surface area contributed by atoms with Crippen molar-refractivity contribution in [3.8, 4) is 89.4 Å². The van der Waals surface area contributed by atoms with Gasteiger partial charge in [-0.15, -0.1) is 0 Å². The molecule has 3 heterocycles. The molecule has 0 N–H and O–H groups in total. The third-order valence-electron chi connectivity index (χ3n) is 12.9. The average molecular weight is 733 g/mol. The minimum atomic E-state index is 0.0280. The van der Waals surface area contributed by atoms with Gasteiger partial charge in [0.05, 0.1) is 0 Å². The van der Waals surface area contributed by atoms with Gasteiger partial charge >= 0.3 is 0 Å². The lowest BCUT2D eigenvalue weighted by atomic mass is 9.30. The van der Waals surface area contributed by atoms with E-state index in [0.29, 0.717) is 0 Å². The van der Waals surface area contributed by atoms with Crippen molar-refractivity contribution in [1.82, 2.24) is 0 Å². The molecule has 0 spiro atoms. The molecule has 0 aliphatic carbocycles. The minimum absolute atomic E-state index is 0.0280. The largest absolute Gasteiger partial charge is 0.458 e. The van der Waals surface area contributed by atoms with E-state index in [1.54, 1.807) is 0 Å². The van der Waals surface area contributed by atoms with E-state index in [0.717, 1.165) is 11.5 Å². The fraction of sp³-hybridized carbons (Fsp3) is 0. The minimum Gasteiger partial charge on any atom is -0.458 e. The van der Waals surface area contributed by atoms with Gasteiger partial charge in [-0.1, -0.05) is 181 Å². The van der Waals surface area contributed by atoms with Crippen molar-refractivity contribution in [2.45, 2.75) is 0 Å². The van der Waals surface area contributed by atoms with E-state index in [-0.39, 0.29) is 6.71 Å². The Hall–Kier alpha value is -7.42. The summed E-state index contributed by atoms with van der Waals surface area (Å²) in [6.07, 6.45) is 0. The van der Waals surface area contributed by atoms with Gasteiger partial charge in [-0.25, -0.2) is 0 Å². The van der Waals surface area contributed by atoms with Crippen LogP contribution in [0, 0.1) is 0 Å². The first-order valence-corrected chi connectivity index (χ1v) is 20.2. The van der Waals surface area contributed by atoms with Crippen molar-refractivity contribution >= 4 is 44.6 Å². The highest BCUT2D eigenvalue weighted by Crippen LogP contribution is 2.50. The fourth-order valence-corrected chi connectivity index (χ4v) is 10.5. The molecule has 0 amide bonds. The Bertz CT molecular complexity index is 3150. The molecule has 0 bridgehead atoms. The molecule has 2 heteroatoms. The summed E-state index contributed by atoms with van der Waals surface area (Å²) in [4.78, 5) is 0. The Morgan fingerprint density at radius 3 is 1.12 bits per heavy atom. The van der Waals surface area contributed by atoms with Gasteiger partial charge in [0.15, 0.2) is 0 Å². The maximum absolute atomic E-state index is 7.40. The highest BCUT2D eigenvalue weighted by molar-refractivity contribution is 7.03. The van der Waals surface area contributed by atoms with Crippen molar-refractivity contribution in [3.63, 3.8) is 0 Å². The summed E-state index contributed by atoms with van der Waals surface area (Å²) >= 11 is 0. The Balaban J connectivity index is 1.17. The first-order valence-electron chi connectivity index (χ1n) is 20.2. The smallest absolute Gasteiger partial charge is 0.254 e.